The van der Waals surface area contributed by atoms with Crippen molar-refractivity contribution in [2.45, 2.75) is 38.3 Å². The second kappa shape index (κ2) is 7.13. The summed E-state index contributed by atoms with van der Waals surface area (Å²) in [4.78, 5) is 4.50. The van der Waals surface area contributed by atoms with E-state index in [4.69, 9.17) is 23.1 Å². The van der Waals surface area contributed by atoms with E-state index in [1.54, 1.807) is 0 Å². The molecule has 4 N–H and O–H groups in total. The zero-order valence-electron chi connectivity index (χ0n) is 11.4. The second-order valence-corrected chi connectivity index (χ2v) is 6.05. The molecule has 2 rings (SSSR count). The lowest BCUT2D eigenvalue weighted by atomic mass is 10.1. The molecule has 0 aliphatic heterocycles. The fourth-order valence-corrected chi connectivity index (χ4v) is 2.83. The molecule has 1 aromatic carbocycles. The molecule has 0 fully saturated rings. The van der Waals surface area contributed by atoms with Crippen molar-refractivity contribution in [1.29, 1.82) is 0 Å². The average molecular weight is 311 g/mol. The van der Waals surface area contributed by atoms with Crippen LogP contribution in [0, 0.1) is 0 Å². The predicted octanol–water partition coefficient (Wildman–Crippen LogP) is 2.91. The van der Waals surface area contributed by atoms with E-state index in [9.17, 15) is 0 Å². The minimum Gasteiger partial charge on any atom is -0.326 e. The van der Waals surface area contributed by atoms with Crippen molar-refractivity contribution in [2.24, 2.45) is 11.5 Å². The monoisotopic (exact) mass is 310 g/mol. The fraction of sp³-hybridized carbons (Fsp3) is 0.429. The van der Waals surface area contributed by atoms with E-state index in [0.717, 1.165) is 34.3 Å². The van der Waals surface area contributed by atoms with Crippen LogP contribution in [-0.4, -0.2) is 15.4 Å². The molecule has 20 heavy (non-hydrogen) atoms. The zero-order valence-corrected chi connectivity index (χ0v) is 13.0. The highest BCUT2D eigenvalue weighted by molar-refractivity contribution is 7.05. The quantitative estimate of drug-likeness (QED) is 0.860. The molecule has 0 aliphatic rings. The van der Waals surface area contributed by atoms with Gasteiger partial charge in [0, 0.05) is 17.5 Å². The second-order valence-electron chi connectivity index (χ2n) is 4.83. The summed E-state index contributed by atoms with van der Waals surface area (Å²) in [6, 6.07) is 7.40. The van der Waals surface area contributed by atoms with Gasteiger partial charge in [0.05, 0.1) is 6.04 Å². The molecule has 0 bridgehead atoms. The Kier molecular flexibility index (Phi) is 5.48. The fourth-order valence-electron chi connectivity index (χ4n) is 1.96. The van der Waals surface area contributed by atoms with E-state index in [-0.39, 0.29) is 12.1 Å². The number of rotatable bonds is 6. The van der Waals surface area contributed by atoms with Gasteiger partial charge in [-0.1, -0.05) is 37.1 Å². The Bertz CT molecular complexity index is 540. The van der Waals surface area contributed by atoms with Crippen molar-refractivity contribution < 1.29 is 0 Å². The number of nitrogens with two attached hydrogens (primary N) is 2. The molecule has 0 saturated heterocycles. The average Bonchev–Trinajstić information content (AvgIpc) is 2.89. The summed E-state index contributed by atoms with van der Waals surface area (Å²) in [6.45, 7) is 2.10. The molecule has 0 amide bonds. The summed E-state index contributed by atoms with van der Waals surface area (Å²) in [5.41, 5.74) is 13.3. The van der Waals surface area contributed by atoms with Crippen LogP contribution in [0.3, 0.4) is 0 Å². The maximum absolute atomic E-state index is 6.12. The first-order valence-electron chi connectivity index (χ1n) is 6.68. The van der Waals surface area contributed by atoms with Crippen LogP contribution in [0.25, 0.3) is 0 Å². The smallest absolute Gasteiger partial charge is 0.147 e. The van der Waals surface area contributed by atoms with E-state index in [1.165, 1.54) is 11.5 Å². The number of aromatic nitrogens is 2. The SMILES string of the molecule is CCCC(N)[C@@H](N)c1nc(Cc2ccc(Cl)cc2)ns1. The number of nitrogens with zero attached hydrogens (tertiary/aromatic N) is 2. The summed E-state index contributed by atoms with van der Waals surface area (Å²) in [5.74, 6) is 0.784. The van der Waals surface area contributed by atoms with Gasteiger partial charge < -0.3 is 11.5 Å². The molecular weight excluding hydrogens is 292 g/mol. The van der Waals surface area contributed by atoms with Crippen LogP contribution < -0.4 is 11.5 Å². The van der Waals surface area contributed by atoms with Gasteiger partial charge in [-0.15, -0.1) is 0 Å². The largest absolute Gasteiger partial charge is 0.326 e. The van der Waals surface area contributed by atoms with Gasteiger partial charge >= 0.3 is 0 Å². The zero-order chi connectivity index (χ0) is 14.5. The number of halogens is 1. The topological polar surface area (TPSA) is 77.8 Å². The van der Waals surface area contributed by atoms with Crippen molar-refractivity contribution in [3.8, 4) is 0 Å². The maximum Gasteiger partial charge on any atom is 0.147 e. The molecule has 1 heterocycles. The van der Waals surface area contributed by atoms with Crippen LogP contribution in [0.4, 0.5) is 0 Å². The van der Waals surface area contributed by atoms with Crippen LogP contribution in [0.15, 0.2) is 24.3 Å². The van der Waals surface area contributed by atoms with Gasteiger partial charge in [-0.25, -0.2) is 4.98 Å². The third-order valence-corrected chi connectivity index (χ3v) is 4.23. The predicted molar refractivity (Wildman–Crippen MR) is 84.0 cm³/mol. The molecule has 0 aliphatic carbocycles. The van der Waals surface area contributed by atoms with E-state index in [1.807, 2.05) is 24.3 Å². The van der Waals surface area contributed by atoms with Crippen LogP contribution in [0.2, 0.25) is 5.02 Å². The van der Waals surface area contributed by atoms with E-state index >= 15 is 0 Å². The molecule has 6 heteroatoms. The Balaban J connectivity index is 2.03. The molecule has 2 aromatic rings. The molecule has 0 spiro atoms. The van der Waals surface area contributed by atoms with E-state index in [2.05, 4.69) is 16.3 Å². The third-order valence-electron chi connectivity index (χ3n) is 3.13. The third kappa shape index (κ3) is 3.99. The van der Waals surface area contributed by atoms with Crippen molar-refractivity contribution >= 4 is 23.1 Å². The van der Waals surface area contributed by atoms with Gasteiger partial charge in [0.1, 0.15) is 10.8 Å². The van der Waals surface area contributed by atoms with Gasteiger partial charge in [-0.05, 0) is 35.6 Å². The highest BCUT2D eigenvalue weighted by atomic mass is 35.5. The van der Waals surface area contributed by atoms with Gasteiger partial charge in [0.15, 0.2) is 0 Å². The van der Waals surface area contributed by atoms with Gasteiger partial charge in [-0.3, -0.25) is 0 Å². The molecule has 4 nitrogen and oxygen atoms in total. The van der Waals surface area contributed by atoms with Crippen LogP contribution in [-0.2, 0) is 6.42 Å². The highest BCUT2D eigenvalue weighted by Gasteiger charge is 2.19. The van der Waals surface area contributed by atoms with E-state index in [0.29, 0.717) is 6.42 Å². The Labute approximate surface area is 128 Å². The number of hydrogen-bond donors (Lipinski definition) is 2. The van der Waals surface area contributed by atoms with Crippen molar-refractivity contribution in [2.75, 3.05) is 0 Å². The maximum atomic E-state index is 6.12. The molecule has 1 aromatic heterocycles. The Morgan fingerprint density at radius 3 is 2.60 bits per heavy atom. The Morgan fingerprint density at radius 1 is 1.25 bits per heavy atom. The normalized spacial score (nSPS) is 14.2. The molecule has 2 atom stereocenters. The Hall–Kier alpha value is -1.01. The van der Waals surface area contributed by atoms with Crippen LogP contribution in [0.5, 0.6) is 0 Å². The van der Waals surface area contributed by atoms with Gasteiger partial charge in [0.2, 0.25) is 0 Å². The lowest BCUT2D eigenvalue weighted by molar-refractivity contribution is 0.504. The summed E-state index contributed by atoms with van der Waals surface area (Å²) in [7, 11) is 0. The van der Waals surface area contributed by atoms with Crippen LogP contribution in [0.1, 0.15) is 42.2 Å². The minimum absolute atomic E-state index is 0.0590. The van der Waals surface area contributed by atoms with Gasteiger partial charge in [0.25, 0.3) is 0 Å². The highest BCUT2D eigenvalue weighted by Crippen LogP contribution is 2.19. The van der Waals surface area contributed by atoms with Crippen molar-refractivity contribution in [3.63, 3.8) is 0 Å². The van der Waals surface area contributed by atoms with Crippen molar-refractivity contribution in [3.05, 3.63) is 45.7 Å². The first-order chi connectivity index (χ1) is 9.60. The Morgan fingerprint density at radius 2 is 1.95 bits per heavy atom. The molecule has 1 unspecified atom stereocenters. The van der Waals surface area contributed by atoms with Crippen molar-refractivity contribution in [1.82, 2.24) is 9.36 Å². The summed E-state index contributed by atoms with van der Waals surface area (Å²) >= 11 is 7.21. The summed E-state index contributed by atoms with van der Waals surface area (Å²) in [5, 5.41) is 1.54. The number of hydrogen-bond acceptors (Lipinski definition) is 5. The lowest BCUT2D eigenvalue weighted by Crippen LogP contribution is -2.33. The summed E-state index contributed by atoms with van der Waals surface area (Å²) < 4.78 is 4.36. The molecule has 0 radical (unpaired) electrons. The first-order valence-corrected chi connectivity index (χ1v) is 7.83. The number of benzene rings is 1. The lowest BCUT2D eigenvalue weighted by Gasteiger charge is -2.15. The molecular formula is C14H19ClN4S. The summed E-state index contributed by atoms with van der Waals surface area (Å²) in [6.07, 6.45) is 2.60. The standard InChI is InChI=1S/C14H19ClN4S/c1-2-3-11(16)13(17)14-18-12(19-20-14)8-9-4-6-10(15)7-5-9/h4-7,11,13H,2-3,8,16-17H2,1H3/t11?,13-/m1/s1. The van der Waals surface area contributed by atoms with Crippen LogP contribution >= 0.6 is 23.1 Å². The van der Waals surface area contributed by atoms with E-state index < -0.39 is 0 Å². The minimum atomic E-state index is -0.230. The first kappa shape index (κ1) is 15.4. The molecule has 108 valence electrons. The van der Waals surface area contributed by atoms with Gasteiger partial charge in [-0.2, -0.15) is 4.37 Å². The molecule has 0 saturated carbocycles.